The van der Waals surface area contributed by atoms with Crippen molar-refractivity contribution in [3.63, 3.8) is 0 Å². The largest absolute Gasteiger partial charge is 0.356 e. The predicted molar refractivity (Wildman–Crippen MR) is 133 cm³/mol. The predicted octanol–water partition coefficient (Wildman–Crippen LogP) is 2.44. The number of aryl methyl sites for hydroxylation is 1. The van der Waals surface area contributed by atoms with Gasteiger partial charge in [-0.15, -0.1) is 24.0 Å². The van der Waals surface area contributed by atoms with Crippen LogP contribution in [0.1, 0.15) is 44.9 Å². The minimum atomic E-state index is 0. The number of guanidine groups is 1. The summed E-state index contributed by atoms with van der Waals surface area (Å²) in [7, 11) is 5.95. The molecule has 1 aliphatic heterocycles. The van der Waals surface area contributed by atoms with Crippen LogP contribution < -0.4 is 5.32 Å². The Balaban J connectivity index is 0.00000420. The second-order valence-electron chi connectivity index (χ2n) is 8.49. The van der Waals surface area contributed by atoms with Crippen molar-refractivity contribution < 1.29 is 0 Å². The van der Waals surface area contributed by atoms with Crippen LogP contribution in [0.15, 0.2) is 11.2 Å². The van der Waals surface area contributed by atoms with Crippen molar-refractivity contribution in [2.24, 2.45) is 18.0 Å². The minimum absolute atomic E-state index is 0. The van der Waals surface area contributed by atoms with Crippen molar-refractivity contribution in [3.05, 3.63) is 17.5 Å². The molecule has 0 saturated carbocycles. The molecule has 2 heterocycles. The zero-order chi connectivity index (χ0) is 20.7. The van der Waals surface area contributed by atoms with E-state index in [1.54, 1.807) is 0 Å². The highest BCUT2D eigenvalue weighted by Crippen LogP contribution is 2.18. The Kier molecular flexibility index (Phi) is 11.5. The lowest BCUT2D eigenvalue weighted by Gasteiger charge is -2.35. The van der Waals surface area contributed by atoms with Gasteiger partial charge in [-0.05, 0) is 18.4 Å². The monoisotopic (exact) mass is 519 g/mol. The van der Waals surface area contributed by atoms with Crippen LogP contribution in [-0.2, 0) is 13.6 Å². The summed E-state index contributed by atoms with van der Waals surface area (Å²) >= 11 is 0. The molecule has 8 heteroatoms. The van der Waals surface area contributed by atoms with Gasteiger partial charge in [0.15, 0.2) is 5.96 Å². The summed E-state index contributed by atoms with van der Waals surface area (Å²) in [6, 6.07) is 0. The van der Waals surface area contributed by atoms with Crippen LogP contribution in [-0.4, -0.2) is 90.3 Å². The lowest BCUT2D eigenvalue weighted by molar-refractivity contribution is 0.124. The van der Waals surface area contributed by atoms with Crippen LogP contribution in [0.5, 0.6) is 0 Å². The number of likely N-dealkylation sites (N-methyl/N-ethyl adjacent to an activating group) is 1. The smallest absolute Gasteiger partial charge is 0.193 e. The maximum absolute atomic E-state index is 4.62. The van der Waals surface area contributed by atoms with Crippen molar-refractivity contribution in [1.29, 1.82) is 0 Å². The number of hydrogen-bond acceptors (Lipinski definition) is 4. The Morgan fingerprint density at radius 1 is 1.21 bits per heavy atom. The van der Waals surface area contributed by atoms with Crippen molar-refractivity contribution in [1.82, 2.24) is 29.8 Å². The molecule has 0 bridgehead atoms. The topological polar surface area (TPSA) is 51.9 Å². The van der Waals surface area contributed by atoms with Crippen LogP contribution in [0.4, 0.5) is 0 Å². The number of halogens is 1. The first kappa shape index (κ1) is 26.2. The highest BCUT2D eigenvalue weighted by molar-refractivity contribution is 14.0. The van der Waals surface area contributed by atoms with E-state index in [-0.39, 0.29) is 24.0 Å². The first-order valence-electron chi connectivity index (χ1n) is 10.7. The van der Waals surface area contributed by atoms with Gasteiger partial charge in [-0.3, -0.25) is 9.67 Å². The molecular formula is C21H42IN7. The third-order valence-electron chi connectivity index (χ3n) is 5.56. The zero-order valence-electron chi connectivity index (χ0n) is 19.5. The molecule has 2 rings (SSSR count). The third kappa shape index (κ3) is 8.05. The quantitative estimate of drug-likeness (QED) is 0.325. The molecule has 1 aromatic rings. The van der Waals surface area contributed by atoms with Gasteiger partial charge < -0.3 is 20.0 Å². The molecule has 0 spiro atoms. The standard InChI is InChI=1S/C21H41N7.HI/c1-8-27-9-11-28(12-10-27)14-18(4)13-23-21(22-5)25(6)15-19-16-26(7)24-20(19)17(2)3;/h16-18H,8-15H2,1-7H3,(H,22,23);1H. The van der Waals surface area contributed by atoms with Gasteiger partial charge in [0.25, 0.3) is 0 Å². The van der Waals surface area contributed by atoms with Crippen molar-refractivity contribution >= 4 is 29.9 Å². The number of aliphatic imine (C=N–C) groups is 1. The van der Waals surface area contributed by atoms with E-state index >= 15 is 0 Å². The summed E-state index contributed by atoms with van der Waals surface area (Å²) in [5, 5.41) is 8.19. The maximum atomic E-state index is 4.62. The number of rotatable bonds is 8. The molecule has 1 aliphatic rings. The van der Waals surface area contributed by atoms with Crippen LogP contribution in [0.25, 0.3) is 0 Å². The Hall–Kier alpha value is -0.870. The van der Waals surface area contributed by atoms with Crippen molar-refractivity contribution in [2.75, 3.05) is 59.9 Å². The van der Waals surface area contributed by atoms with Gasteiger partial charge in [0.1, 0.15) is 0 Å². The minimum Gasteiger partial charge on any atom is -0.356 e. The van der Waals surface area contributed by atoms with Gasteiger partial charge in [0, 0.05) is 78.7 Å². The van der Waals surface area contributed by atoms with E-state index in [1.165, 1.54) is 44.0 Å². The molecule has 1 aromatic heterocycles. The molecule has 1 atom stereocenters. The number of aromatic nitrogens is 2. The molecule has 0 amide bonds. The Labute approximate surface area is 194 Å². The molecule has 1 unspecified atom stereocenters. The molecule has 0 radical (unpaired) electrons. The Morgan fingerprint density at radius 3 is 2.38 bits per heavy atom. The summed E-state index contributed by atoms with van der Waals surface area (Å²) in [6.07, 6.45) is 2.12. The molecule has 1 fully saturated rings. The third-order valence-corrected chi connectivity index (χ3v) is 5.56. The lowest BCUT2D eigenvalue weighted by atomic mass is 10.1. The SMILES string of the molecule is CCN1CCN(CC(C)CNC(=NC)N(C)Cc2cn(C)nc2C(C)C)CC1.I. The molecule has 7 nitrogen and oxygen atoms in total. The van der Waals surface area contributed by atoms with Crippen molar-refractivity contribution in [3.8, 4) is 0 Å². The molecule has 1 saturated heterocycles. The van der Waals surface area contributed by atoms with Gasteiger partial charge in [0.2, 0.25) is 0 Å². The second kappa shape index (κ2) is 12.7. The average molecular weight is 520 g/mol. The van der Waals surface area contributed by atoms with E-state index in [0.29, 0.717) is 11.8 Å². The van der Waals surface area contributed by atoms with E-state index in [1.807, 2.05) is 18.8 Å². The number of nitrogens with one attached hydrogen (secondary N) is 1. The number of piperazine rings is 1. The lowest BCUT2D eigenvalue weighted by Crippen LogP contribution is -2.48. The van der Waals surface area contributed by atoms with Crippen molar-refractivity contribution in [2.45, 2.75) is 40.2 Å². The average Bonchev–Trinajstić information content (AvgIpc) is 3.03. The summed E-state index contributed by atoms with van der Waals surface area (Å²) in [5.74, 6) is 1.96. The molecule has 0 aromatic carbocycles. The van der Waals surface area contributed by atoms with Crippen LogP contribution in [0.2, 0.25) is 0 Å². The van der Waals surface area contributed by atoms with Crippen LogP contribution in [0, 0.1) is 5.92 Å². The molecule has 1 N–H and O–H groups in total. The van der Waals surface area contributed by atoms with E-state index in [2.05, 4.69) is 71.0 Å². The van der Waals surface area contributed by atoms with Gasteiger partial charge in [-0.2, -0.15) is 5.10 Å². The van der Waals surface area contributed by atoms with Gasteiger partial charge >= 0.3 is 0 Å². The van der Waals surface area contributed by atoms with E-state index in [0.717, 1.165) is 25.6 Å². The molecule has 0 aliphatic carbocycles. The van der Waals surface area contributed by atoms with Crippen LogP contribution in [0.3, 0.4) is 0 Å². The number of hydrogen-bond donors (Lipinski definition) is 1. The van der Waals surface area contributed by atoms with Gasteiger partial charge in [-0.25, -0.2) is 0 Å². The Bertz CT molecular complexity index is 621. The van der Waals surface area contributed by atoms with E-state index < -0.39 is 0 Å². The molecular weight excluding hydrogens is 477 g/mol. The molecule has 168 valence electrons. The molecule has 29 heavy (non-hydrogen) atoms. The summed E-state index contributed by atoms with van der Waals surface area (Å²) in [6.45, 7) is 17.8. The highest BCUT2D eigenvalue weighted by Gasteiger charge is 2.19. The normalized spacial score (nSPS) is 17.3. The van der Waals surface area contributed by atoms with E-state index in [4.69, 9.17) is 0 Å². The fourth-order valence-electron chi connectivity index (χ4n) is 3.94. The maximum Gasteiger partial charge on any atom is 0.193 e. The fourth-order valence-corrected chi connectivity index (χ4v) is 3.94. The first-order chi connectivity index (χ1) is 13.3. The summed E-state index contributed by atoms with van der Waals surface area (Å²) < 4.78 is 1.91. The first-order valence-corrected chi connectivity index (χ1v) is 10.7. The van der Waals surface area contributed by atoms with E-state index in [9.17, 15) is 0 Å². The van der Waals surface area contributed by atoms with Gasteiger partial charge in [0.05, 0.1) is 5.69 Å². The summed E-state index contributed by atoms with van der Waals surface area (Å²) in [4.78, 5) is 11.8. The zero-order valence-corrected chi connectivity index (χ0v) is 21.8. The second-order valence-corrected chi connectivity index (χ2v) is 8.49. The summed E-state index contributed by atoms with van der Waals surface area (Å²) in [5.41, 5.74) is 2.44. The highest BCUT2D eigenvalue weighted by atomic mass is 127. The fraction of sp³-hybridized carbons (Fsp3) is 0.810. The van der Waals surface area contributed by atoms with Gasteiger partial charge in [-0.1, -0.05) is 27.7 Å². The van der Waals surface area contributed by atoms with Crippen LogP contribution >= 0.6 is 24.0 Å². The number of nitrogens with zero attached hydrogens (tertiary/aromatic N) is 6. The Morgan fingerprint density at radius 2 is 1.83 bits per heavy atom.